The van der Waals surface area contributed by atoms with Crippen molar-refractivity contribution in [1.29, 1.82) is 5.26 Å². The van der Waals surface area contributed by atoms with Crippen molar-refractivity contribution in [3.63, 3.8) is 0 Å². The Balaban J connectivity index is 1.96. The van der Waals surface area contributed by atoms with Crippen LogP contribution >= 0.6 is 0 Å². The van der Waals surface area contributed by atoms with Crippen molar-refractivity contribution in [1.82, 2.24) is 4.98 Å². The summed E-state index contributed by atoms with van der Waals surface area (Å²) < 4.78 is 18.5. The minimum absolute atomic E-state index is 0.0140. The highest BCUT2D eigenvalue weighted by molar-refractivity contribution is 5.88. The zero-order chi connectivity index (χ0) is 19.2. The number of ether oxygens (including phenoxy) is 1. The molecule has 0 radical (unpaired) electrons. The number of hydrogen-bond donors (Lipinski definition) is 0. The van der Waals surface area contributed by atoms with E-state index in [1.165, 1.54) is 42.5 Å². The lowest BCUT2D eigenvalue weighted by Crippen LogP contribution is -1.94. The highest BCUT2D eigenvalue weighted by Gasteiger charge is 2.17. The van der Waals surface area contributed by atoms with E-state index in [4.69, 9.17) is 4.74 Å². The third-order valence-electron chi connectivity index (χ3n) is 3.59. The van der Waals surface area contributed by atoms with Gasteiger partial charge in [0.25, 0.3) is 0 Å². The number of rotatable bonds is 5. The number of nitriles is 1. The van der Waals surface area contributed by atoms with Crippen LogP contribution in [0.15, 0.2) is 66.9 Å². The maximum absolute atomic E-state index is 13.0. The maximum Gasteiger partial charge on any atom is 0.312 e. The van der Waals surface area contributed by atoms with Gasteiger partial charge in [-0.3, -0.25) is 15.1 Å². The van der Waals surface area contributed by atoms with E-state index >= 15 is 0 Å². The minimum Gasteiger partial charge on any atom is -0.450 e. The summed E-state index contributed by atoms with van der Waals surface area (Å²) in [5.74, 6) is -0.148. The van der Waals surface area contributed by atoms with Gasteiger partial charge in [0.2, 0.25) is 5.75 Å². The normalized spacial score (nSPS) is 10.9. The Hall–Kier alpha value is -4.05. The molecule has 0 bridgehead atoms. The number of pyridine rings is 1. The summed E-state index contributed by atoms with van der Waals surface area (Å²) in [5.41, 5.74) is 0.924. The van der Waals surface area contributed by atoms with Crippen LogP contribution in [0.3, 0.4) is 0 Å². The molecule has 1 heterocycles. The Morgan fingerprint density at radius 2 is 1.96 bits per heavy atom. The number of hydrogen-bond acceptors (Lipinski definition) is 5. The Labute approximate surface area is 153 Å². The second-order valence-electron chi connectivity index (χ2n) is 5.43. The summed E-state index contributed by atoms with van der Waals surface area (Å²) in [6, 6.07) is 16.7. The third-order valence-corrected chi connectivity index (χ3v) is 3.59. The molecule has 0 atom stereocenters. The third kappa shape index (κ3) is 4.32. The van der Waals surface area contributed by atoms with Crippen LogP contribution < -0.4 is 4.74 Å². The van der Waals surface area contributed by atoms with E-state index in [0.29, 0.717) is 11.3 Å². The van der Waals surface area contributed by atoms with Gasteiger partial charge in [-0.1, -0.05) is 12.1 Å². The first-order chi connectivity index (χ1) is 13.1. The first-order valence-corrected chi connectivity index (χ1v) is 7.82. The van der Waals surface area contributed by atoms with Gasteiger partial charge in [0, 0.05) is 12.3 Å². The average Bonchev–Trinajstić information content (AvgIpc) is 2.69. The van der Waals surface area contributed by atoms with Crippen LogP contribution in [0.1, 0.15) is 11.3 Å². The standard InChI is InChI=1S/C20H12FN3O3/c21-16-5-7-17(8-6-16)27-20-9-4-14(12-19(20)24(25)26)11-15(13-22)18-3-1-2-10-23-18/h1-12H/b15-11-. The Morgan fingerprint density at radius 1 is 1.19 bits per heavy atom. The highest BCUT2D eigenvalue weighted by atomic mass is 19.1. The summed E-state index contributed by atoms with van der Waals surface area (Å²) in [5, 5.41) is 20.8. The van der Waals surface area contributed by atoms with E-state index in [0.717, 1.165) is 0 Å². The molecule has 0 saturated heterocycles. The van der Waals surface area contributed by atoms with Crippen molar-refractivity contribution in [2.45, 2.75) is 0 Å². The molecule has 0 aliphatic rings. The van der Waals surface area contributed by atoms with Crippen LogP contribution in [0.4, 0.5) is 10.1 Å². The van der Waals surface area contributed by atoms with Crippen molar-refractivity contribution < 1.29 is 14.1 Å². The fourth-order valence-electron chi connectivity index (χ4n) is 2.34. The van der Waals surface area contributed by atoms with Gasteiger partial charge in [-0.15, -0.1) is 0 Å². The lowest BCUT2D eigenvalue weighted by molar-refractivity contribution is -0.385. The smallest absolute Gasteiger partial charge is 0.312 e. The molecular weight excluding hydrogens is 349 g/mol. The summed E-state index contributed by atoms with van der Waals surface area (Å²) >= 11 is 0. The number of nitro groups is 1. The summed E-state index contributed by atoms with van der Waals surface area (Å²) in [6.45, 7) is 0. The van der Waals surface area contributed by atoms with Crippen LogP contribution in [0, 0.1) is 27.3 Å². The number of nitrogens with zero attached hydrogens (tertiary/aromatic N) is 3. The van der Waals surface area contributed by atoms with Gasteiger partial charge in [0.15, 0.2) is 0 Å². The van der Waals surface area contributed by atoms with E-state index < -0.39 is 10.7 Å². The van der Waals surface area contributed by atoms with Gasteiger partial charge in [0.05, 0.1) is 16.2 Å². The zero-order valence-corrected chi connectivity index (χ0v) is 13.9. The largest absolute Gasteiger partial charge is 0.450 e. The van der Waals surface area contributed by atoms with Crippen LogP contribution in [0.5, 0.6) is 11.5 Å². The molecule has 3 aromatic rings. The number of halogens is 1. The highest BCUT2D eigenvalue weighted by Crippen LogP contribution is 2.33. The number of allylic oxidation sites excluding steroid dienone is 1. The van der Waals surface area contributed by atoms with Crippen LogP contribution in [-0.2, 0) is 0 Å². The molecule has 0 saturated carbocycles. The molecule has 1 aromatic heterocycles. The maximum atomic E-state index is 13.0. The predicted octanol–water partition coefficient (Wildman–Crippen LogP) is 4.99. The fraction of sp³-hybridized carbons (Fsp3) is 0. The second-order valence-corrected chi connectivity index (χ2v) is 5.43. The second kappa shape index (κ2) is 7.89. The fourth-order valence-corrected chi connectivity index (χ4v) is 2.34. The van der Waals surface area contributed by atoms with Gasteiger partial charge in [-0.05, 0) is 54.1 Å². The lowest BCUT2D eigenvalue weighted by atomic mass is 10.1. The van der Waals surface area contributed by atoms with Gasteiger partial charge >= 0.3 is 5.69 Å². The van der Waals surface area contributed by atoms with Crippen molar-refractivity contribution in [3.8, 4) is 17.6 Å². The molecule has 0 aliphatic carbocycles. The summed E-state index contributed by atoms with van der Waals surface area (Å²) in [6.07, 6.45) is 3.07. The van der Waals surface area contributed by atoms with Gasteiger partial charge in [-0.25, -0.2) is 4.39 Å². The monoisotopic (exact) mass is 361 g/mol. The van der Waals surface area contributed by atoms with E-state index in [2.05, 4.69) is 4.98 Å². The molecule has 132 valence electrons. The summed E-state index contributed by atoms with van der Waals surface area (Å²) in [7, 11) is 0. The molecule has 0 fully saturated rings. The first kappa shape index (κ1) is 17.8. The molecule has 27 heavy (non-hydrogen) atoms. The number of aromatic nitrogens is 1. The Kier molecular flexibility index (Phi) is 5.19. The SMILES string of the molecule is N#C/C(=C/c1ccc(Oc2ccc(F)cc2)c([N+](=O)[O-])c1)c1ccccn1. The minimum atomic E-state index is -0.580. The topological polar surface area (TPSA) is 89.0 Å². The molecular formula is C20H12FN3O3. The van der Waals surface area contributed by atoms with Gasteiger partial charge in [-0.2, -0.15) is 5.26 Å². The van der Waals surface area contributed by atoms with Crippen LogP contribution in [-0.4, -0.2) is 9.91 Å². The van der Waals surface area contributed by atoms with Crippen molar-refractivity contribution in [3.05, 3.63) is 94.0 Å². The van der Waals surface area contributed by atoms with Crippen molar-refractivity contribution >= 4 is 17.3 Å². The molecule has 0 aliphatic heterocycles. The Bertz CT molecular complexity index is 1040. The zero-order valence-electron chi connectivity index (χ0n) is 13.9. The summed E-state index contributed by atoms with van der Waals surface area (Å²) in [4.78, 5) is 14.9. The molecule has 0 N–H and O–H groups in total. The molecule has 0 spiro atoms. The van der Waals surface area contributed by atoms with Crippen molar-refractivity contribution in [2.24, 2.45) is 0 Å². The van der Waals surface area contributed by atoms with Gasteiger partial charge < -0.3 is 4.74 Å². The number of benzene rings is 2. The van der Waals surface area contributed by atoms with Gasteiger partial charge in [0.1, 0.15) is 17.6 Å². The molecule has 0 amide bonds. The first-order valence-electron chi connectivity index (χ1n) is 7.82. The van der Waals surface area contributed by atoms with Crippen molar-refractivity contribution in [2.75, 3.05) is 0 Å². The van der Waals surface area contributed by atoms with E-state index in [-0.39, 0.29) is 22.8 Å². The van der Waals surface area contributed by atoms with E-state index in [1.807, 2.05) is 6.07 Å². The average molecular weight is 361 g/mol. The Morgan fingerprint density at radius 3 is 2.59 bits per heavy atom. The predicted molar refractivity (Wildman–Crippen MR) is 97.3 cm³/mol. The van der Waals surface area contributed by atoms with E-state index in [1.54, 1.807) is 30.5 Å². The lowest BCUT2D eigenvalue weighted by Gasteiger charge is -2.07. The van der Waals surface area contributed by atoms with E-state index in [9.17, 15) is 19.8 Å². The molecule has 7 heteroatoms. The molecule has 2 aromatic carbocycles. The molecule has 0 unspecified atom stereocenters. The van der Waals surface area contributed by atoms with Crippen LogP contribution in [0.2, 0.25) is 0 Å². The van der Waals surface area contributed by atoms with Crippen LogP contribution in [0.25, 0.3) is 11.6 Å². The number of nitro benzene ring substituents is 1. The molecule has 6 nitrogen and oxygen atoms in total. The quantitative estimate of drug-likeness (QED) is 0.363. The molecule has 3 rings (SSSR count).